The smallest absolute Gasteiger partial charge is 0.344 e. The van der Waals surface area contributed by atoms with Crippen LogP contribution in [0.5, 0.6) is 0 Å². The van der Waals surface area contributed by atoms with E-state index in [1.165, 1.54) is 6.92 Å². The molecule has 4 aliphatic rings. The van der Waals surface area contributed by atoms with Gasteiger partial charge in [0.1, 0.15) is 19.3 Å². The Morgan fingerprint density at radius 1 is 1.23 bits per heavy atom. The zero-order valence-corrected chi connectivity index (χ0v) is 16.8. The molecule has 0 aromatic carbocycles. The third kappa shape index (κ3) is 2.49. The van der Waals surface area contributed by atoms with E-state index in [1.54, 1.807) is 0 Å². The number of esters is 3. The van der Waals surface area contributed by atoms with Gasteiger partial charge in [-0.1, -0.05) is 6.58 Å². The molecule has 4 fully saturated rings. The first-order valence-electron chi connectivity index (χ1n) is 9.19. The monoisotopic (exact) mass is 444 g/mol. The molecule has 0 aromatic heterocycles. The maximum atomic E-state index is 12.5. The highest BCUT2D eigenvalue weighted by molar-refractivity contribution is 7.87. The predicted octanol–water partition coefficient (Wildman–Crippen LogP) is -0.759. The normalized spacial score (nSPS) is 40.8. The highest BCUT2D eigenvalue weighted by atomic mass is 32.2. The molecule has 1 saturated heterocycles. The second-order valence-electron chi connectivity index (χ2n) is 8.15. The Kier molecular flexibility index (Phi) is 4.51. The quantitative estimate of drug-likeness (QED) is 0.145. The molecule has 1 spiro atoms. The van der Waals surface area contributed by atoms with Crippen LogP contribution < -0.4 is 0 Å². The Labute approximate surface area is 171 Å². The molecule has 12 heteroatoms. The van der Waals surface area contributed by atoms with Crippen LogP contribution >= 0.6 is 0 Å². The topological polar surface area (TPSA) is 149 Å². The van der Waals surface area contributed by atoms with Crippen molar-refractivity contribution in [1.29, 1.82) is 0 Å². The average Bonchev–Trinajstić information content (AvgIpc) is 2.95. The molecule has 0 aromatic rings. The molecule has 3 saturated carbocycles. The van der Waals surface area contributed by atoms with E-state index in [2.05, 4.69) is 6.58 Å². The number of fused-ring (bicyclic) bond motifs is 2. The van der Waals surface area contributed by atoms with E-state index in [1.807, 2.05) is 0 Å². The second kappa shape index (κ2) is 6.51. The largest absolute Gasteiger partial charge is 0.467 e. The van der Waals surface area contributed by atoms with Crippen LogP contribution in [-0.4, -0.2) is 70.1 Å². The van der Waals surface area contributed by atoms with Gasteiger partial charge in [0.2, 0.25) is 0 Å². The number of ether oxygens (including phenoxy) is 4. The maximum Gasteiger partial charge on any atom is 0.344 e. The van der Waals surface area contributed by atoms with Crippen molar-refractivity contribution in [3.8, 4) is 0 Å². The molecule has 164 valence electrons. The molecule has 11 nitrogen and oxygen atoms in total. The third-order valence-corrected chi connectivity index (χ3v) is 8.58. The van der Waals surface area contributed by atoms with Gasteiger partial charge in [-0.25, -0.2) is 9.59 Å². The van der Waals surface area contributed by atoms with Crippen LogP contribution in [0.4, 0.5) is 0 Å². The van der Waals surface area contributed by atoms with Gasteiger partial charge in [-0.15, -0.1) is 0 Å². The summed E-state index contributed by atoms with van der Waals surface area (Å²) < 4.78 is 50.7. The summed E-state index contributed by atoms with van der Waals surface area (Å²) in [6.45, 7) is 3.58. The highest BCUT2D eigenvalue weighted by Gasteiger charge is 3.00. The van der Waals surface area contributed by atoms with Gasteiger partial charge in [0.25, 0.3) is 16.6 Å². The molecule has 3 aliphatic carbocycles. The lowest BCUT2D eigenvalue weighted by atomic mass is 9.75. The fourth-order valence-electron chi connectivity index (χ4n) is 5.99. The zero-order chi connectivity index (χ0) is 21.9. The summed E-state index contributed by atoms with van der Waals surface area (Å²) in [5.41, 5.74) is -2.98. The second-order valence-corrected chi connectivity index (χ2v) is 9.90. The van der Waals surface area contributed by atoms with Gasteiger partial charge in [-0.2, -0.15) is 8.42 Å². The van der Waals surface area contributed by atoms with Gasteiger partial charge in [0.15, 0.2) is 6.61 Å². The lowest BCUT2D eigenvalue weighted by molar-refractivity contribution is -0.179. The SMILES string of the molecule is C=CC(=O)OCC(=O)OC1C2(COC(C)=O)CC3C4(C2)C(OS3(=O)=O)C14COC=O. The van der Waals surface area contributed by atoms with E-state index in [9.17, 15) is 27.6 Å². The number of rotatable bonds is 9. The number of hydrogen-bond donors (Lipinski definition) is 0. The van der Waals surface area contributed by atoms with Gasteiger partial charge >= 0.3 is 17.9 Å². The van der Waals surface area contributed by atoms with Crippen LogP contribution in [0.1, 0.15) is 19.8 Å². The average molecular weight is 444 g/mol. The van der Waals surface area contributed by atoms with E-state index in [4.69, 9.17) is 23.1 Å². The number of carbonyl (C=O) groups is 4. The van der Waals surface area contributed by atoms with Crippen molar-refractivity contribution in [1.82, 2.24) is 0 Å². The first-order chi connectivity index (χ1) is 14.1. The van der Waals surface area contributed by atoms with Crippen LogP contribution in [0.25, 0.3) is 0 Å². The Morgan fingerprint density at radius 3 is 2.60 bits per heavy atom. The van der Waals surface area contributed by atoms with Crippen LogP contribution in [0, 0.1) is 16.2 Å². The van der Waals surface area contributed by atoms with Gasteiger partial charge < -0.3 is 18.9 Å². The molecular weight excluding hydrogens is 424 g/mol. The fourth-order valence-corrected chi connectivity index (χ4v) is 8.21. The molecule has 0 N–H and O–H groups in total. The van der Waals surface area contributed by atoms with Crippen molar-refractivity contribution >= 4 is 34.5 Å². The lowest BCUT2D eigenvalue weighted by Crippen LogP contribution is -2.52. The van der Waals surface area contributed by atoms with E-state index in [-0.39, 0.29) is 32.5 Å². The Hall–Kier alpha value is -2.47. The zero-order valence-electron chi connectivity index (χ0n) is 16.0. The van der Waals surface area contributed by atoms with Gasteiger partial charge in [0.05, 0.1) is 16.8 Å². The first-order valence-corrected chi connectivity index (χ1v) is 10.7. The molecule has 4 rings (SSSR count). The summed E-state index contributed by atoms with van der Waals surface area (Å²) in [6.07, 6.45) is -0.571. The summed E-state index contributed by atoms with van der Waals surface area (Å²) in [6, 6.07) is 0. The van der Waals surface area contributed by atoms with Crippen molar-refractivity contribution in [3.05, 3.63) is 12.7 Å². The first kappa shape index (κ1) is 20.8. The van der Waals surface area contributed by atoms with Crippen LogP contribution in [0.2, 0.25) is 0 Å². The van der Waals surface area contributed by atoms with Crippen LogP contribution in [-0.2, 0) is 52.4 Å². The van der Waals surface area contributed by atoms with Gasteiger partial charge in [0, 0.05) is 23.8 Å². The molecule has 1 aliphatic heterocycles. The van der Waals surface area contributed by atoms with E-state index >= 15 is 0 Å². The highest BCUT2D eigenvalue weighted by Crippen LogP contribution is 2.89. The minimum atomic E-state index is -3.86. The van der Waals surface area contributed by atoms with E-state index in [0.29, 0.717) is 0 Å². The molecule has 2 bridgehead atoms. The summed E-state index contributed by atoms with van der Waals surface area (Å²) in [4.78, 5) is 45.9. The molecular formula is C18H20O11S. The lowest BCUT2D eigenvalue weighted by Gasteiger charge is -2.42. The third-order valence-electron chi connectivity index (χ3n) is 6.83. The van der Waals surface area contributed by atoms with Crippen LogP contribution in [0.15, 0.2) is 12.7 Å². The summed E-state index contributed by atoms with van der Waals surface area (Å²) in [5.74, 6) is -2.26. The minimum absolute atomic E-state index is 0.0618. The Bertz CT molecular complexity index is 942. The number of hydrogen-bond acceptors (Lipinski definition) is 11. The molecule has 0 radical (unpaired) electrons. The molecule has 6 unspecified atom stereocenters. The van der Waals surface area contributed by atoms with E-state index in [0.717, 1.165) is 6.08 Å². The molecule has 30 heavy (non-hydrogen) atoms. The van der Waals surface area contributed by atoms with Crippen molar-refractivity contribution in [2.45, 2.75) is 37.2 Å². The van der Waals surface area contributed by atoms with Gasteiger partial charge in [-0.05, 0) is 12.8 Å². The van der Waals surface area contributed by atoms with Gasteiger partial charge in [-0.3, -0.25) is 13.8 Å². The number of carbonyl (C=O) groups excluding carboxylic acids is 4. The summed E-state index contributed by atoms with van der Waals surface area (Å²) in [5, 5.41) is -0.880. The standard InChI is InChI=1S/C18H20O11S/c1-3-12(21)26-5-13(22)28-14-16(7-27-10(2)20)4-11-17(6-16)15(29-30(11,23)24)18(14,17)8-25-9-19/h3,9,11,14-15H,1,4-8H2,2H3. The fraction of sp³-hybridized carbons (Fsp3) is 0.667. The Morgan fingerprint density at radius 2 is 1.97 bits per heavy atom. The molecule has 1 heterocycles. The summed E-state index contributed by atoms with van der Waals surface area (Å²) in [7, 11) is -3.86. The van der Waals surface area contributed by atoms with E-state index < -0.39 is 68.3 Å². The van der Waals surface area contributed by atoms with Crippen LogP contribution in [0.3, 0.4) is 0 Å². The van der Waals surface area contributed by atoms with Crippen molar-refractivity contribution in [2.24, 2.45) is 16.2 Å². The molecule has 6 atom stereocenters. The predicted molar refractivity (Wildman–Crippen MR) is 93.8 cm³/mol. The summed E-state index contributed by atoms with van der Waals surface area (Å²) >= 11 is 0. The molecule has 0 amide bonds. The Balaban J connectivity index is 1.66. The maximum absolute atomic E-state index is 12.5. The van der Waals surface area contributed by atoms with Crippen molar-refractivity contribution < 1.29 is 50.7 Å². The minimum Gasteiger partial charge on any atom is -0.467 e. The van der Waals surface area contributed by atoms with Crippen molar-refractivity contribution in [3.63, 3.8) is 0 Å². The van der Waals surface area contributed by atoms with Crippen molar-refractivity contribution in [2.75, 3.05) is 19.8 Å².